The second-order valence-corrected chi connectivity index (χ2v) is 5.27. The molecule has 1 aliphatic rings. The molecule has 0 bridgehead atoms. The van der Waals surface area contributed by atoms with Crippen LogP contribution in [0, 0.1) is 12.7 Å². The lowest BCUT2D eigenvalue weighted by atomic mass is 9.94. The predicted octanol–water partition coefficient (Wildman–Crippen LogP) is 3.51. The Hall–Kier alpha value is -1.87. The maximum Gasteiger partial charge on any atom is 0.127 e. The van der Waals surface area contributed by atoms with E-state index >= 15 is 0 Å². The van der Waals surface area contributed by atoms with E-state index in [1.54, 1.807) is 13.0 Å². The molecule has 0 saturated heterocycles. The minimum absolute atomic E-state index is 0.219. The predicted molar refractivity (Wildman–Crippen MR) is 77.4 cm³/mol. The van der Waals surface area contributed by atoms with Crippen LogP contribution in [0.15, 0.2) is 36.4 Å². The molecule has 0 fully saturated rings. The quantitative estimate of drug-likeness (QED) is 0.907. The van der Waals surface area contributed by atoms with E-state index in [1.807, 2.05) is 18.2 Å². The second kappa shape index (κ2) is 5.25. The van der Waals surface area contributed by atoms with Crippen LogP contribution in [0.1, 0.15) is 34.7 Å². The van der Waals surface area contributed by atoms with Gasteiger partial charge in [0.05, 0.1) is 12.6 Å². The molecular formula is C17H18FNO. The molecule has 1 unspecified atom stereocenters. The molecular weight excluding hydrogens is 253 g/mol. The normalized spacial score (nSPS) is 15.3. The molecule has 1 aliphatic heterocycles. The minimum Gasteiger partial charge on any atom is -0.493 e. The Balaban J connectivity index is 2.02. The average molecular weight is 271 g/mol. The summed E-state index contributed by atoms with van der Waals surface area (Å²) in [5.74, 6) is 0.663. The fourth-order valence-electron chi connectivity index (χ4n) is 2.64. The molecule has 1 heterocycles. The molecule has 2 nitrogen and oxygen atoms in total. The minimum atomic E-state index is -0.363. The smallest absolute Gasteiger partial charge is 0.127 e. The van der Waals surface area contributed by atoms with Crippen molar-refractivity contribution < 1.29 is 9.13 Å². The van der Waals surface area contributed by atoms with Crippen molar-refractivity contribution in [1.82, 2.24) is 0 Å². The number of aryl methyl sites for hydroxylation is 2. The van der Waals surface area contributed by atoms with E-state index in [1.165, 1.54) is 11.6 Å². The van der Waals surface area contributed by atoms with Crippen LogP contribution >= 0.6 is 0 Å². The Labute approximate surface area is 118 Å². The first-order valence-corrected chi connectivity index (χ1v) is 6.93. The number of fused-ring (bicyclic) bond motifs is 1. The van der Waals surface area contributed by atoms with Crippen molar-refractivity contribution in [3.8, 4) is 5.75 Å². The molecule has 1 atom stereocenters. The van der Waals surface area contributed by atoms with Crippen LogP contribution in [-0.2, 0) is 6.42 Å². The molecule has 0 aromatic heterocycles. The summed E-state index contributed by atoms with van der Waals surface area (Å²) in [4.78, 5) is 0. The van der Waals surface area contributed by atoms with E-state index < -0.39 is 0 Å². The summed E-state index contributed by atoms with van der Waals surface area (Å²) < 4.78 is 19.5. The Morgan fingerprint density at radius 2 is 2.10 bits per heavy atom. The topological polar surface area (TPSA) is 35.2 Å². The molecule has 0 saturated carbocycles. The average Bonchev–Trinajstić information content (AvgIpc) is 2.49. The van der Waals surface area contributed by atoms with Crippen molar-refractivity contribution in [3.63, 3.8) is 0 Å². The summed E-state index contributed by atoms with van der Waals surface area (Å²) >= 11 is 0. The molecule has 20 heavy (non-hydrogen) atoms. The van der Waals surface area contributed by atoms with Crippen molar-refractivity contribution in [3.05, 3.63) is 64.5 Å². The Morgan fingerprint density at radius 3 is 2.90 bits per heavy atom. The summed E-state index contributed by atoms with van der Waals surface area (Å²) in [6.07, 6.45) is 2.04. The zero-order chi connectivity index (χ0) is 14.1. The van der Waals surface area contributed by atoms with Crippen LogP contribution in [0.2, 0.25) is 0 Å². The first kappa shape index (κ1) is 13.1. The van der Waals surface area contributed by atoms with Crippen LogP contribution in [0.3, 0.4) is 0 Å². The van der Waals surface area contributed by atoms with Crippen molar-refractivity contribution in [1.29, 1.82) is 0 Å². The van der Waals surface area contributed by atoms with Crippen LogP contribution in [-0.4, -0.2) is 6.61 Å². The molecule has 0 spiro atoms. The van der Waals surface area contributed by atoms with Crippen LogP contribution < -0.4 is 10.5 Å². The number of nitrogens with two attached hydrogens (primary N) is 1. The monoisotopic (exact) mass is 271 g/mol. The first-order chi connectivity index (χ1) is 9.66. The highest BCUT2D eigenvalue weighted by atomic mass is 19.1. The van der Waals surface area contributed by atoms with E-state index in [0.717, 1.165) is 36.3 Å². The molecule has 2 aromatic rings. The SMILES string of the molecule is Cc1ccc(C(N)c2cccc3c2OCCC3)cc1F. The van der Waals surface area contributed by atoms with Gasteiger partial charge < -0.3 is 10.5 Å². The molecule has 2 N–H and O–H groups in total. The Bertz CT molecular complexity index is 639. The number of hydrogen-bond acceptors (Lipinski definition) is 2. The Morgan fingerprint density at radius 1 is 1.25 bits per heavy atom. The number of ether oxygens (including phenoxy) is 1. The molecule has 104 valence electrons. The van der Waals surface area contributed by atoms with Gasteiger partial charge in [-0.2, -0.15) is 0 Å². The lowest BCUT2D eigenvalue weighted by molar-refractivity contribution is 0.284. The molecule has 3 rings (SSSR count). The van der Waals surface area contributed by atoms with Gasteiger partial charge in [-0.05, 0) is 42.5 Å². The van der Waals surface area contributed by atoms with E-state index in [-0.39, 0.29) is 11.9 Å². The number of hydrogen-bond donors (Lipinski definition) is 1. The highest BCUT2D eigenvalue weighted by Gasteiger charge is 2.20. The standard InChI is InChI=1S/C17H18FNO/c1-11-7-8-13(10-15(11)18)16(19)14-6-2-4-12-5-3-9-20-17(12)14/h2,4,6-8,10,16H,3,5,9,19H2,1H3. The molecule has 3 heteroatoms. The highest BCUT2D eigenvalue weighted by molar-refractivity contribution is 5.47. The summed E-state index contributed by atoms with van der Waals surface area (Å²) in [5.41, 5.74) is 9.85. The van der Waals surface area contributed by atoms with Crippen LogP contribution in [0.5, 0.6) is 5.75 Å². The van der Waals surface area contributed by atoms with Crippen molar-refractivity contribution in [2.45, 2.75) is 25.8 Å². The third kappa shape index (κ3) is 2.29. The third-order valence-corrected chi connectivity index (χ3v) is 3.85. The van der Waals surface area contributed by atoms with Gasteiger partial charge in [0, 0.05) is 5.56 Å². The third-order valence-electron chi connectivity index (χ3n) is 3.85. The maximum atomic E-state index is 13.7. The van der Waals surface area contributed by atoms with Crippen LogP contribution in [0.25, 0.3) is 0 Å². The lowest BCUT2D eigenvalue weighted by Crippen LogP contribution is -2.17. The van der Waals surface area contributed by atoms with Gasteiger partial charge in [-0.1, -0.05) is 30.3 Å². The first-order valence-electron chi connectivity index (χ1n) is 6.93. The van der Waals surface area contributed by atoms with E-state index in [0.29, 0.717) is 5.56 Å². The zero-order valence-electron chi connectivity index (χ0n) is 11.5. The summed E-state index contributed by atoms with van der Waals surface area (Å²) in [5, 5.41) is 0. The van der Waals surface area contributed by atoms with Crippen molar-refractivity contribution in [2.75, 3.05) is 6.61 Å². The molecule has 0 radical (unpaired) electrons. The number of para-hydroxylation sites is 1. The second-order valence-electron chi connectivity index (χ2n) is 5.27. The molecule has 0 amide bonds. The van der Waals surface area contributed by atoms with Gasteiger partial charge in [0.2, 0.25) is 0 Å². The number of rotatable bonds is 2. The summed E-state index contributed by atoms with van der Waals surface area (Å²) in [6.45, 7) is 2.47. The highest BCUT2D eigenvalue weighted by Crippen LogP contribution is 2.34. The van der Waals surface area contributed by atoms with Gasteiger partial charge in [0.25, 0.3) is 0 Å². The van der Waals surface area contributed by atoms with E-state index in [9.17, 15) is 4.39 Å². The van der Waals surface area contributed by atoms with Crippen LogP contribution in [0.4, 0.5) is 4.39 Å². The number of halogens is 1. The summed E-state index contributed by atoms with van der Waals surface area (Å²) in [7, 11) is 0. The Kier molecular flexibility index (Phi) is 3.45. The van der Waals surface area contributed by atoms with E-state index in [4.69, 9.17) is 10.5 Å². The van der Waals surface area contributed by atoms with E-state index in [2.05, 4.69) is 6.07 Å². The van der Waals surface area contributed by atoms with Gasteiger partial charge >= 0.3 is 0 Å². The fraction of sp³-hybridized carbons (Fsp3) is 0.294. The van der Waals surface area contributed by atoms with Gasteiger partial charge in [-0.15, -0.1) is 0 Å². The van der Waals surface area contributed by atoms with Crippen molar-refractivity contribution in [2.24, 2.45) is 5.73 Å². The maximum absolute atomic E-state index is 13.7. The van der Waals surface area contributed by atoms with Gasteiger partial charge in [-0.3, -0.25) is 0 Å². The molecule has 2 aromatic carbocycles. The number of benzene rings is 2. The van der Waals surface area contributed by atoms with Gasteiger partial charge in [0.1, 0.15) is 11.6 Å². The fourth-order valence-corrected chi connectivity index (χ4v) is 2.64. The largest absolute Gasteiger partial charge is 0.493 e. The van der Waals surface area contributed by atoms with Crippen molar-refractivity contribution >= 4 is 0 Å². The van der Waals surface area contributed by atoms with Gasteiger partial charge in [-0.25, -0.2) is 4.39 Å². The van der Waals surface area contributed by atoms with Gasteiger partial charge in [0.15, 0.2) is 0 Å². The zero-order valence-corrected chi connectivity index (χ0v) is 11.5. The summed E-state index contributed by atoms with van der Waals surface area (Å²) in [6, 6.07) is 10.8. The lowest BCUT2D eigenvalue weighted by Gasteiger charge is -2.23. The molecule has 0 aliphatic carbocycles.